The van der Waals surface area contributed by atoms with E-state index in [1.54, 1.807) is 0 Å². The van der Waals surface area contributed by atoms with Crippen LogP contribution < -0.4 is 10.1 Å². The van der Waals surface area contributed by atoms with Crippen LogP contribution in [0.2, 0.25) is 0 Å². The van der Waals surface area contributed by atoms with Gasteiger partial charge >= 0.3 is 0 Å². The summed E-state index contributed by atoms with van der Waals surface area (Å²) in [6.07, 6.45) is 17.7. The van der Waals surface area contributed by atoms with Gasteiger partial charge in [0.2, 0.25) is 0 Å². The lowest BCUT2D eigenvalue weighted by molar-refractivity contribution is -0.123. The van der Waals surface area contributed by atoms with E-state index < -0.39 is 0 Å². The van der Waals surface area contributed by atoms with Crippen molar-refractivity contribution >= 4 is 16.9 Å². The van der Waals surface area contributed by atoms with Crippen molar-refractivity contribution in [3.63, 3.8) is 0 Å². The normalized spacial score (nSPS) is 11.3. The minimum atomic E-state index is -0.0609. The van der Waals surface area contributed by atoms with Gasteiger partial charge in [0.1, 0.15) is 11.6 Å². The molecular weight excluding hydrogens is 482 g/mol. The molecule has 0 fully saturated rings. The predicted octanol–water partition coefficient (Wildman–Crippen LogP) is 8.48. The highest BCUT2D eigenvalue weighted by Gasteiger charge is 2.10. The number of fused-ring (bicyclic) bond motifs is 1. The molecule has 3 aromatic rings. The van der Waals surface area contributed by atoms with E-state index in [9.17, 15) is 4.79 Å². The van der Waals surface area contributed by atoms with E-state index in [1.165, 1.54) is 75.5 Å². The van der Waals surface area contributed by atoms with Crippen LogP contribution in [0.4, 0.5) is 0 Å². The molecule has 5 heteroatoms. The summed E-state index contributed by atoms with van der Waals surface area (Å²) in [6, 6.07) is 14.6. The number of rotatable bonds is 20. The maximum absolute atomic E-state index is 12.2. The number of aryl methyl sites for hydroxylation is 4. The predicted molar refractivity (Wildman–Crippen MR) is 164 cm³/mol. The fraction of sp³-hybridized carbons (Fsp3) is 0.588. The third-order valence-electron chi connectivity index (χ3n) is 7.57. The van der Waals surface area contributed by atoms with Gasteiger partial charge in [-0.2, -0.15) is 0 Å². The SMILES string of the molecule is CCCCCCCCCCCCn1c(CCCCCNC(=O)COc2cc(C)ccc2C)nc2ccccc21. The average molecular weight is 534 g/mol. The highest BCUT2D eigenvalue weighted by molar-refractivity contribution is 5.77. The second-order valence-electron chi connectivity index (χ2n) is 11.1. The number of para-hydroxylation sites is 2. The van der Waals surface area contributed by atoms with Crippen LogP contribution in [0.25, 0.3) is 11.0 Å². The minimum absolute atomic E-state index is 0.0609. The summed E-state index contributed by atoms with van der Waals surface area (Å²) in [5.74, 6) is 1.93. The first-order chi connectivity index (χ1) is 19.1. The molecule has 0 saturated heterocycles. The number of imidazole rings is 1. The topological polar surface area (TPSA) is 56.2 Å². The molecular formula is C34H51N3O2. The third kappa shape index (κ3) is 11.1. The van der Waals surface area contributed by atoms with Gasteiger partial charge in [0.25, 0.3) is 5.91 Å². The quantitative estimate of drug-likeness (QED) is 0.148. The molecule has 0 atom stereocenters. The summed E-state index contributed by atoms with van der Waals surface area (Å²) < 4.78 is 8.16. The molecule has 214 valence electrons. The van der Waals surface area contributed by atoms with Gasteiger partial charge in [-0.1, -0.05) is 95.4 Å². The highest BCUT2D eigenvalue weighted by atomic mass is 16.5. The standard InChI is InChI=1S/C34H51N3O2/c1-4-5-6-7-8-9-10-11-12-18-25-37-31-20-16-15-19-30(31)36-33(37)21-14-13-17-24-35-34(38)27-39-32-26-28(2)22-23-29(32)3/h15-16,19-20,22-23,26H,4-14,17-18,21,24-25,27H2,1-3H3,(H,35,38). The molecule has 0 aliphatic heterocycles. The van der Waals surface area contributed by atoms with E-state index in [4.69, 9.17) is 9.72 Å². The van der Waals surface area contributed by atoms with Gasteiger partial charge in [-0.25, -0.2) is 4.98 Å². The van der Waals surface area contributed by atoms with Gasteiger partial charge in [-0.3, -0.25) is 4.79 Å². The zero-order chi connectivity index (χ0) is 27.7. The van der Waals surface area contributed by atoms with E-state index in [1.807, 2.05) is 26.0 Å². The molecule has 1 heterocycles. The Bertz CT molecular complexity index is 1120. The molecule has 0 unspecified atom stereocenters. The Labute approximate surface area is 236 Å². The van der Waals surface area contributed by atoms with E-state index in [0.29, 0.717) is 6.54 Å². The molecule has 0 radical (unpaired) electrons. The molecule has 0 saturated carbocycles. The van der Waals surface area contributed by atoms with E-state index in [2.05, 4.69) is 47.1 Å². The van der Waals surface area contributed by atoms with Crippen LogP contribution in [0.15, 0.2) is 42.5 Å². The molecule has 1 N–H and O–H groups in total. The number of benzene rings is 2. The van der Waals surface area contributed by atoms with Crippen LogP contribution >= 0.6 is 0 Å². The Balaban J connectivity index is 1.32. The molecule has 39 heavy (non-hydrogen) atoms. The van der Waals surface area contributed by atoms with Crippen molar-refractivity contribution in [1.29, 1.82) is 0 Å². The molecule has 3 rings (SSSR count). The molecule has 2 aromatic carbocycles. The Morgan fingerprint density at radius 3 is 2.31 bits per heavy atom. The van der Waals surface area contributed by atoms with Crippen LogP contribution in [0.3, 0.4) is 0 Å². The number of carbonyl (C=O) groups excluding carboxylic acids is 1. The average Bonchev–Trinajstić information content (AvgIpc) is 3.29. The largest absolute Gasteiger partial charge is 0.483 e. The third-order valence-corrected chi connectivity index (χ3v) is 7.57. The summed E-state index contributed by atoms with van der Waals surface area (Å²) in [7, 11) is 0. The number of carbonyl (C=O) groups is 1. The molecule has 5 nitrogen and oxygen atoms in total. The van der Waals surface area contributed by atoms with E-state index >= 15 is 0 Å². The van der Waals surface area contributed by atoms with Gasteiger partial charge < -0.3 is 14.6 Å². The van der Waals surface area contributed by atoms with Crippen LogP contribution in [-0.4, -0.2) is 28.6 Å². The van der Waals surface area contributed by atoms with Gasteiger partial charge in [0.15, 0.2) is 6.61 Å². The summed E-state index contributed by atoms with van der Waals surface area (Å²) in [4.78, 5) is 17.2. The first-order valence-corrected chi connectivity index (χ1v) is 15.5. The Morgan fingerprint density at radius 2 is 1.54 bits per heavy atom. The Hall–Kier alpha value is -2.82. The number of amides is 1. The maximum Gasteiger partial charge on any atom is 0.257 e. The lowest BCUT2D eigenvalue weighted by atomic mass is 10.1. The van der Waals surface area contributed by atoms with Crippen molar-refractivity contribution in [2.75, 3.05) is 13.2 Å². The number of aromatic nitrogens is 2. The Morgan fingerprint density at radius 1 is 0.846 bits per heavy atom. The van der Waals surface area contributed by atoms with E-state index in [0.717, 1.165) is 54.6 Å². The second-order valence-corrected chi connectivity index (χ2v) is 11.1. The monoisotopic (exact) mass is 533 g/mol. The Kier molecular flexibility index (Phi) is 13.9. The van der Waals surface area contributed by atoms with Crippen molar-refractivity contribution in [3.8, 4) is 5.75 Å². The van der Waals surface area contributed by atoms with Gasteiger partial charge in [0.05, 0.1) is 11.0 Å². The number of nitrogens with zero attached hydrogens (tertiary/aromatic N) is 2. The lowest BCUT2D eigenvalue weighted by Gasteiger charge is -2.11. The van der Waals surface area contributed by atoms with Crippen molar-refractivity contribution in [2.24, 2.45) is 0 Å². The zero-order valence-electron chi connectivity index (χ0n) is 24.8. The molecule has 1 aromatic heterocycles. The number of nitrogens with one attached hydrogen (secondary N) is 1. The summed E-state index contributed by atoms with van der Waals surface area (Å²) in [6.45, 7) is 8.11. The van der Waals surface area contributed by atoms with Crippen LogP contribution in [-0.2, 0) is 17.8 Å². The van der Waals surface area contributed by atoms with Crippen molar-refractivity contribution in [1.82, 2.24) is 14.9 Å². The molecule has 0 spiro atoms. The van der Waals surface area contributed by atoms with Crippen LogP contribution in [0.5, 0.6) is 5.75 Å². The lowest BCUT2D eigenvalue weighted by Crippen LogP contribution is -2.29. The minimum Gasteiger partial charge on any atom is -0.483 e. The number of ether oxygens (including phenoxy) is 1. The molecule has 0 bridgehead atoms. The van der Waals surface area contributed by atoms with E-state index in [-0.39, 0.29) is 12.5 Å². The van der Waals surface area contributed by atoms with Gasteiger partial charge in [0, 0.05) is 19.5 Å². The van der Waals surface area contributed by atoms with Crippen LogP contribution in [0.1, 0.15) is 107 Å². The van der Waals surface area contributed by atoms with Crippen LogP contribution in [0, 0.1) is 13.8 Å². The number of unbranched alkanes of at least 4 members (excludes halogenated alkanes) is 11. The first-order valence-electron chi connectivity index (χ1n) is 15.5. The first kappa shape index (κ1) is 30.7. The van der Waals surface area contributed by atoms with Gasteiger partial charge in [-0.05, 0) is 62.4 Å². The maximum atomic E-state index is 12.2. The summed E-state index contributed by atoms with van der Waals surface area (Å²) in [5, 5.41) is 3.00. The second kappa shape index (κ2) is 17.7. The van der Waals surface area contributed by atoms with Gasteiger partial charge in [-0.15, -0.1) is 0 Å². The molecule has 0 aliphatic carbocycles. The summed E-state index contributed by atoms with van der Waals surface area (Å²) >= 11 is 0. The fourth-order valence-corrected chi connectivity index (χ4v) is 5.19. The highest BCUT2D eigenvalue weighted by Crippen LogP contribution is 2.20. The summed E-state index contributed by atoms with van der Waals surface area (Å²) in [5.41, 5.74) is 4.55. The molecule has 1 amide bonds. The smallest absolute Gasteiger partial charge is 0.257 e. The van der Waals surface area contributed by atoms with Crippen molar-refractivity contribution < 1.29 is 9.53 Å². The van der Waals surface area contributed by atoms with Crippen molar-refractivity contribution in [3.05, 3.63) is 59.4 Å². The zero-order valence-corrected chi connectivity index (χ0v) is 24.8. The number of hydrogen-bond acceptors (Lipinski definition) is 3. The number of hydrogen-bond donors (Lipinski definition) is 1. The molecule has 0 aliphatic rings. The fourth-order valence-electron chi connectivity index (χ4n) is 5.19. The van der Waals surface area contributed by atoms with Crippen molar-refractivity contribution in [2.45, 2.75) is 117 Å².